The van der Waals surface area contributed by atoms with E-state index in [1.807, 2.05) is 27.7 Å². The molecule has 0 radical (unpaired) electrons. The van der Waals surface area contributed by atoms with Gasteiger partial charge in [-0.15, -0.1) is 0 Å². The van der Waals surface area contributed by atoms with Crippen LogP contribution in [0.25, 0.3) is 0 Å². The summed E-state index contributed by atoms with van der Waals surface area (Å²) in [5, 5.41) is 0. The van der Waals surface area contributed by atoms with Crippen LogP contribution < -0.4 is 0 Å². The highest BCUT2D eigenvalue weighted by Crippen LogP contribution is 2.36. The summed E-state index contributed by atoms with van der Waals surface area (Å²) in [4.78, 5) is 4.83. The highest BCUT2D eigenvalue weighted by Gasteiger charge is 2.43. The zero-order valence-corrected chi connectivity index (χ0v) is 34.4. The first-order valence-corrected chi connectivity index (χ1v) is 23.8. The molecule has 4 aromatic carbocycles. The second-order valence-corrected chi connectivity index (χ2v) is 22.8. The summed E-state index contributed by atoms with van der Waals surface area (Å²) in [5.41, 5.74) is 0.103. The van der Waals surface area contributed by atoms with Crippen LogP contribution in [0, 0.1) is 27.7 Å². The van der Waals surface area contributed by atoms with Gasteiger partial charge in [-0.1, -0.05) is 90.7 Å². The van der Waals surface area contributed by atoms with Crippen LogP contribution in [-0.4, -0.2) is 61.7 Å². The third-order valence-corrected chi connectivity index (χ3v) is 17.6. The van der Waals surface area contributed by atoms with Crippen molar-refractivity contribution in [2.45, 2.75) is 72.0 Å². The average Bonchev–Trinajstić information content (AvgIpc) is 3.08. The Morgan fingerprint density at radius 2 is 0.574 bits per heavy atom. The fourth-order valence-corrected chi connectivity index (χ4v) is 14.0. The number of hydrogen-bond acceptors (Lipinski definition) is 9. The van der Waals surface area contributed by atoms with Gasteiger partial charge in [-0.3, -0.25) is 4.98 Å². The summed E-state index contributed by atoms with van der Waals surface area (Å²) in [5.74, 6) is -2.65. The predicted octanol–water partition coefficient (Wildman–Crippen LogP) is 6.73. The van der Waals surface area contributed by atoms with Crippen LogP contribution in [0.1, 0.15) is 47.5 Å². The Morgan fingerprint density at radius 3 is 0.778 bits per heavy atom. The van der Waals surface area contributed by atoms with E-state index in [1.54, 1.807) is 48.5 Å². The summed E-state index contributed by atoms with van der Waals surface area (Å²) >= 11 is 0. The molecule has 1 aromatic heterocycles. The Bertz CT molecular complexity index is 2250. The fourth-order valence-electron chi connectivity index (χ4n) is 6.48. The molecule has 5 rings (SSSR count). The predicted molar refractivity (Wildman–Crippen MR) is 212 cm³/mol. The third kappa shape index (κ3) is 9.37. The Hall–Kier alpha value is -4.17. The minimum absolute atomic E-state index is 0.00133. The number of aryl methyl sites for hydroxylation is 4. The molecule has 13 heteroatoms. The van der Waals surface area contributed by atoms with Crippen LogP contribution in [0.2, 0.25) is 0 Å². The summed E-state index contributed by atoms with van der Waals surface area (Å²) in [6, 6.07) is 29.5. The number of pyridine rings is 1. The van der Waals surface area contributed by atoms with Crippen LogP contribution in [0.5, 0.6) is 0 Å². The lowest BCUT2D eigenvalue weighted by Gasteiger charge is -2.33. The number of rotatable bonds is 14. The number of sulfone groups is 4. The molecule has 0 saturated heterocycles. The van der Waals surface area contributed by atoms with Gasteiger partial charge in [0.05, 0.1) is 42.6 Å². The molecule has 0 atom stereocenters. The van der Waals surface area contributed by atoms with E-state index in [0.717, 1.165) is 22.3 Å². The Labute approximate surface area is 320 Å². The Balaban J connectivity index is 1.68. The van der Waals surface area contributed by atoms with E-state index < -0.39 is 73.2 Å². The quantitative estimate of drug-likeness (QED) is 0.119. The third-order valence-electron chi connectivity index (χ3n) is 9.54. The molecule has 0 unspecified atom stereocenters. The van der Waals surface area contributed by atoms with Gasteiger partial charge in [-0.05, 0) is 88.4 Å². The molecule has 0 saturated carbocycles. The van der Waals surface area contributed by atoms with Crippen molar-refractivity contribution >= 4 is 39.3 Å². The van der Waals surface area contributed by atoms with Crippen LogP contribution in [0.15, 0.2) is 135 Å². The Kier molecular flexibility index (Phi) is 11.5. The maximum atomic E-state index is 14.0. The van der Waals surface area contributed by atoms with Crippen molar-refractivity contribution in [3.63, 3.8) is 0 Å². The van der Waals surface area contributed by atoms with Crippen molar-refractivity contribution in [3.8, 4) is 0 Å². The van der Waals surface area contributed by atoms with Crippen LogP contribution in [0.3, 0.4) is 0 Å². The molecule has 1 heterocycles. The van der Waals surface area contributed by atoms with Crippen molar-refractivity contribution in [2.24, 2.45) is 0 Å². The summed E-state index contributed by atoms with van der Waals surface area (Å²) < 4.78 is 112. The van der Waals surface area contributed by atoms with Crippen molar-refractivity contribution in [1.82, 2.24) is 4.98 Å². The number of nitrogens with zero attached hydrogens (tertiary/aromatic N) is 1. The van der Waals surface area contributed by atoms with Gasteiger partial charge >= 0.3 is 0 Å². The SMILES string of the molecule is Cc1ccc(S(=O)(=O)CC(C)(CS(=O)(=O)c2ccc(C)cc2)c2cccc(C(C)(CS(=O)(=O)c3ccc(C)cc3)CS(=O)(=O)c3ccc(C)cc3)n2)cc1. The van der Waals surface area contributed by atoms with Crippen LogP contribution in [-0.2, 0) is 50.2 Å². The van der Waals surface area contributed by atoms with Gasteiger partial charge < -0.3 is 0 Å². The lowest BCUT2D eigenvalue weighted by Crippen LogP contribution is -2.42. The van der Waals surface area contributed by atoms with Gasteiger partial charge in [-0.25, -0.2) is 33.7 Å². The monoisotopic (exact) mass is 807 g/mol. The van der Waals surface area contributed by atoms with Gasteiger partial charge in [0.25, 0.3) is 0 Å². The van der Waals surface area contributed by atoms with Crippen LogP contribution >= 0.6 is 0 Å². The van der Waals surface area contributed by atoms with E-state index in [9.17, 15) is 33.7 Å². The maximum absolute atomic E-state index is 14.0. The van der Waals surface area contributed by atoms with Crippen molar-refractivity contribution in [3.05, 3.63) is 149 Å². The minimum Gasteiger partial charge on any atom is -0.257 e. The average molecular weight is 808 g/mol. The van der Waals surface area contributed by atoms with Crippen molar-refractivity contribution < 1.29 is 33.7 Å². The van der Waals surface area contributed by atoms with E-state index in [2.05, 4.69) is 0 Å². The summed E-state index contributed by atoms with van der Waals surface area (Å²) in [6.07, 6.45) is 0. The van der Waals surface area contributed by atoms with E-state index in [-0.39, 0.29) is 31.0 Å². The molecule has 0 aliphatic heterocycles. The van der Waals surface area contributed by atoms with Gasteiger partial charge in [0, 0.05) is 22.2 Å². The molecular weight excluding hydrogens is 763 g/mol. The molecule has 0 N–H and O–H groups in total. The van der Waals surface area contributed by atoms with E-state index in [4.69, 9.17) is 4.98 Å². The molecule has 54 heavy (non-hydrogen) atoms. The van der Waals surface area contributed by atoms with Crippen molar-refractivity contribution in [1.29, 1.82) is 0 Å². The smallest absolute Gasteiger partial charge is 0.179 e. The molecule has 0 aliphatic rings. The number of hydrogen-bond donors (Lipinski definition) is 0. The molecule has 5 aromatic rings. The highest BCUT2D eigenvalue weighted by molar-refractivity contribution is 7.93. The second-order valence-electron chi connectivity index (χ2n) is 14.8. The van der Waals surface area contributed by atoms with Crippen LogP contribution in [0.4, 0.5) is 0 Å². The molecular formula is C41H45NO8S4. The fraction of sp³-hybridized carbons (Fsp3) is 0.293. The van der Waals surface area contributed by atoms with E-state index in [0.29, 0.717) is 0 Å². The molecule has 0 aliphatic carbocycles. The molecule has 0 spiro atoms. The molecule has 0 fully saturated rings. The summed E-state index contributed by atoms with van der Waals surface area (Å²) in [6.45, 7) is 10.3. The number of aromatic nitrogens is 1. The summed E-state index contributed by atoms with van der Waals surface area (Å²) in [7, 11) is -16.5. The van der Waals surface area contributed by atoms with Gasteiger partial charge in [0.1, 0.15) is 0 Å². The van der Waals surface area contributed by atoms with E-state index in [1.165, 1.54) is 80.6 Å². The first-order chi connectivity index (χ1) is 25.0. The first kappa shape index (κ1) is 41.0. The van der Waals surface area contributed by atoms with Gasteiger partial charge in [0.15, 0.2) is 39.3 Å². The molecule has 286 valence electrons. The topological polar surface area (TPSA) is 149 Å². The zero-order chi connectivity index (χ0) is 39.7. The maximum Gasteiger partial charge on any atom is 0.179 e. The Morgan fingerprint density at radius 1 is 0.370 bits per heavy atom. The first-order valence-electron chi connectivity index (χ1n) is 17.2. The van der Waals surface area contributed by atoms with E-state index >= 15 is 0 Å². The zero-order valence-electron chi connectivity index (χ0n) is 31.1. The normalized spacial score (nSPS) is 13.1. The second kappa shape index (κ2) is 15.2. The lowest BCUT2D eigenvalue weighted by molar-refractivity contribution is 0.503. The molecule has 9 nitrogen and oxygen atoms in total. The molecule has 0 amide bonds. The standard InChI is InChI=1S/C41H45NO8S4/c1-30-10-18-34(19-11-30)51(43,44)26-40(5,27-52(45,46)35-20-12-31(2)13-21-35)38-8-7-9-39(42-38)41(6,28-53(47,48)36-22-14-32(3)15-23-36)29-54(49,50)37-24-16-33(4)17-25-37/h7-25H,26-29H2,1-6H3. The molecule has 0 bridgehead atoms. The highest BCUT2D eigenvalue weighted by atomic mass is 32.2. The van der Waals surface area contributed by atoms with Gasteiger partial charge in [0.2, 0.25) is 0 Å². The minimum atomic E-state index is -4.13. The lowest BCUT2D eigenvalue weighted by atomic mass is 9.87. The number of benzene rings is 4. The van der Waals surface area contributed by atoms with Gasteiger partial charge in [-0.2, -0.15) is 0 Å². The largest absolute Gasteiger partial charge is 0.257 e. The van der Waals surface area contributed by atoms with Crippen molar-refractivity contribution in [2.75, 3.05) is 23.0 Å².